The van der Waals surface area contributed by atoms with Crippen LogP contribution in [0, 0.1) is 18.3 Å². The van der Waals surface area contributed by atoms with Gasteiger partial charge in [-0.2, -0.15) is 5.26 Å². The molecule has 1 unspecified atom stereocenters. The lowest BCUT2D eigenvalue weighted by Gasteiger charge is -2.10. The van der Waals surface area contributed by atoms with Gasteiger partial charge >= 0.3 is 0 Å². The summed E-state index contributed by atoms with van der Waals surface area (Å²) in [6.07, 6.45) is 0.291. The minimum Gasteiger partial charge on any atom is -0.300 e. The summed E-state index contributed by atoms with van der Waals surface area (Å²) in [6, 6.07) is 7.93. The summed E-state index contributed by atoms with van der Waals surface area (Å²) in [5.41, 5.74) is 1.98. The maximum atomic E-state index is 11.0. The van der Waals surface area contributed by atoms with Gasteiger partial charge in [0.15, 0.2) is 0 Å². The number of hydrogen-bond acceptors (Lipinski definition) is 2. The molecule has 78 valence electrons. The first-order chi connectivity index (χ1) is 7.04. The lowest BCUT2D eigenvalue weighted by Crippen LogP contribution is -2.03. The molecule has 3 heteroatoms. The highest BCUT2D eigenvalue weighted by atomic mass is 79.9. The van der Waals surface area contributed by atoms with Gasteiger partial charge in [0, 0.05) is 10.9 Å². The molecule has 0 bridgehead atoms. The van der Waals surface area contributed by atoms with Crippen molar-refractivity contribution in [2.24, 2.45) is 0 Å². The van der Waals surface area contributed by atoms with E-state index in [-0.39, 0.29) is 11.7 Å². The van der Waals surface area contributed by atoms with Gasteiger partial charge in [0.25, 0.3) is 0 Å². The second-order valence-corrected chi connectivity index (χ2v) is 4.50. The minimum absolute atomic E-state index is 0.0452. The Morgan fingerprint density at radius 3 is 2.73 bits per heavy atom. The molecule has 0 aliphatic rings. The maximum absolute atomic E-state index is 11.0. The van der Waals surface area contributed by atoms with E-state index in [1.807, 2.05) is 25.1 Å². The Balaban J connectivity index is 3.03. The van der Waals surface area contributed by atoms with Crippen LogP contribution in [0.25, 0.3) is 0 Å². The molecular formula is C12H12BrNO. The predicted octanol–water partition coefficient (Wildman–Crippen LogP) is 3.34. The number of hydrogen-bond donors (Lipinski definition) is 0. The van der Waals surface area contributed by atoms with Gasteiger partial charge < -0.3 is 0 Å². The molecule has 0 aliphatic carbocycles. The van der Waals surface area contributed by atoms with Crippen LogP contribution >= 0.6 is 15.9 Å². The van der Waals surface area contributed by atoms with E-state index in [0.717, 1.165) is 15.6 Å². The lowest BCUT2D eigenvalue weighted by atomic mass is 9.92. The molecule has 1 aromatic rings. The predicted molar refractivity (Wildman–Crippen MR) is 62.5 cm³/mol. The first-order valence-corrected chi connectivity index (χ1v) is 5.49. The van der Waals surface area contributed by atoms with Crippen molar-refractivity contribution in [2.45, 2.75) is 26.2 Å². The van der Waals surface area contributed by atoms with Gasteiger partial charge in [-0.25, -0.2) is 0 Å². The van der Waals surface area contributed by atoms with Crippen LogP contribution in [0.1, 0.15) is 30.4 Å². The van der Waals surface area contributed by atoms with E-state index in [0.29, 0.717) is 6.42 Å². The highest BCUT2D eigenvalue weighted by Crippen LogP contribution is 2.25. The van der Waals surface area contributed by atoms with Gasteiger partial charge in [-0.05, 0) is 37.1 Å². The molecular weight excluding hydrogens is 254 g/mol. The molecule has 0 saturated carbocycles. The summed E-state index contributed by atoms with van der Waals surface area (Å²) >= 11 is 3.37. The van der Waals surface area contributed by atoms with E-state index in [1.54, 1.807) is 0 Å². The molecule has 0 heterocycles. The Hall–Kier alpha value is -1.14. The van der Waals surface area contributed by atoms with Crippen molar-refractivity contribution in [3.05, 3.63) is 33.8 Å². The number of ketones is 1. The second-order valence-electron chi connectivity index (χ2n) is 3.59. The first-order valence-electron chi connectivity index (χ1n) is 4.69. The van der Waals surface area contributed by atoms with Crippen LogP contribution in [-0.4, -0.2) is 5.78 Å². The monoisotopic (exact) mass is 265 g/mol. The Kier molecular flexibility index (Phi) is 4.05. The van der Waals surface area contributed by atoms with Crippen LogP contribution in [-0.2, 0) is 4.79 Å². The van der Waals surface area contributed by atoms with Crippen LogP contribution in [0.4, 0.5) is 0 Å². The van der Waals surface area contributed by atoms with Crippen molar-refractivity contribution in [1.82, 2.24) is 0 Å². The Labute approximate surface area is 98.0 Å². The van der Waals surface area contributed by atoms with E-state index >= 15 is 0 Å². The third-order valence-corrected chi connectivity index (χ3v) is 2.75. The number of halogens is 1. The molecule has 0 N–H and O–H groups in total. The van der Waals surface area contributed by atoms with Crippen molar-refractivity contribution in [1.29, 1.82) is 5.26 Å². The fraction of sp³-hybridized carbons (Fsp3) is 0.333. The lowest BCUT2D eigenvalue weighted by molar-refractivity contribution is -0.117. The maximum Gasteiger partial charge on any atom is 0.131 e. The third kappa shape index (κ3) is 3.17. The number of nitrogens with zero attached hydrogens (tertiary/aromatic N) is 1. The molecule has 1 aromatic carbocycles. The SMILES string of the molecule is CC(=O)CC(C#N)c1ccc(Br)cc1C. The summed E-state index contributed by atoms with van der Waals surface area (Å²) in [5.74, 6) is -0.278. The number of benzene rings is 1. The number of nitriles is 1. The van der Waals surface area contributed by atoms with Gasteiger partial charge in [0.1, 0.15) is 5.78 Å². The summed E-state index contributed by atoms with van der Waals surface area (Å²) in [5, 5.41) is 9.01. The van der Waals surface area contributed by atoms with Crippen LogP contribution in [0.3, 0.4) is 0 Å². The molecule has 0 fully saturated rings. The van der Waals surface area contributed by atoms with E-state index in [1.165, 1.54) is 6.92 Å². The van der Waals surface area contributed by atoms with Crippen molar-refractivity contribution in [3.8, 4) is 6.07 Å². The molecule has 0 aliphatic heterocycles. The topological polar surface area (TPSA) is 40.9 Å². The molecule has 1 atom stereocenters. The minimum atomic E-state index is -0.324. The van der Waals surface area contributed by atoms with Crippen molar-refractivity contribution in [2.75, 3.05) is 0 Å². The molecule has 0 spiro atoms. The smallest absolute Gasteiger partial charge is 0.131 e. The zero-order valence-electron chi connectivity index (χ0n) is 8.75. The largest absolute Gasteiger partial charge is 0.300 e. The average molecular weight is 266 g/mol. The Morgan fingerprint density at radius 2 is 2.27 bits per heavy atom. The molecule has 15 heavy (non-hydrogen) atoms. The molecule has 0 saturated heterocycles. The van der Waals surface area contributed by atoms with Crippen molar-refractivity contribution >= 4 is 21.7 Å². The third-order valence-electron chi connectivity index (χ3n) is 2.25. The zero-order valence-corrected chi connectivity index (χ0v) is 10.3. The number of rotatable bonds is 3. The van der Waals surface area contributed by atoms with Crippen molar-refractivity contribution < 1.29 is 4.79 Å². The standard InChI is InChI=1S/C12H12BrNO/c1-8-5-11(13)3-4-12(8)10(7-14)6-9(2)15/h3-5,10H,6H2,1-2H3. The Bertz CT molecular complexity index is 420. The van der Waals surface area contributed by atoms with Gasteiger partial charge in [0.05, 0.1) is 12.0 Å². The molecule has 2 nitrogen and oxygen atoms in total. The van der Waals surface area contributed by atoms with E-state index in [2.05, 4.69) is 22.0 Å². The second kappa shape index (κ2) is 5.09. The molecule has 1 rings (SSSR count). The molecule has 0 aromatic heterocycles. The van der Waals surface area contributed by atoms with Crippen LogP contribution < -0.4 is 0 Å². The fourth-order valence-electron chi connectivity index (χ4n) is 1.54. The zero-order chi connectivity index (χ0) is 11.4. The quantitative estimate of drug-likeness (QED) is 0.841. The highest BCUT2D eigenvalue weighted by Gasteiger charge is 2.15. The number of Topliss-reactive ketones (excluding diaryl/α,β-unsaturated/α-hetero) is 1. The highest BCUT2D eigenvalue weighted by molar-refractivity contribution is 9.10. The summed E-state index contributed by atoms with van der Waals surface area (Å²) in [4.78, 5) is 11.0. The summed E-state index contributed by atoms with van der Waals surface area (Å²) in [7, 11) is 0. The average Bonchev–Trinajstić information content (AvgIpc) is 2.14. The summed E-state index contributed by atoms with van der Waals surface area (Å²) in [6.45, 7) is 3.46. The van der Waals surface area contributed by atoms with E-state index < -0.39 is 0 Å². The molecule has 0 amide bonds. The van der Waals surface area contributed by atoms with Crippen LogP contribution in [0.15, 0.2) is 22.7 Å². The normalized spacial score (nSPS) is 11.9. The first kappa shape index (κ1) is 11.9. The van der Waals surface area contributed by atoms with Crippen LogP contribution in [0.5, 0.6) is 0 Å². The molecule has 0 radical (unpaired) electrons. The summed E-state index contributed by atoms with van der Waals surface area (Å²) < 4.78 is 0.989. The number of aryl methyl sites for hydroxylation is 1. The fourth-order valence-corrected chi connectivity index (χ4v) is 2.02. The number of carbonyl (C=O) groups is 1. The van der Waals surface area contributed by atoms with Crippen LogP contribution in [0.2, 0.25) is 0 Å². The van der Waals surface area contributed by atoms with E-state index in [9.17, 15) is 4.79 Å². The van der Waals surface area contributed by atoms with Gasteiger partial charge in [-0.1, -0.05) is 22.0 Å². The number of carbonyl (C=O) groups excluding carboxylic acids is 1. The Morgan fingerprint density at radius 1 is 1.60 bits per heavy atom. The van der Waals surface area contributed by atoms with Crippen molar-refractivity contribution in [3.63, 3.8) is 0 Å². The van der Waals surface area contributed by atoms with Gasteiger partial charge in [-0.3, -0.25) is 4.79 Å². The van der Waals surface area contributed by atoms with Gasteiger partial charge in [-0.15, -0.1) is 0 Å². The van der Waals surface area contributed by atoms with E-state index in [4.69, 9.17) is 5.26 Å². The van der Waals surface area contributed by atoms with Gasteiger partial charge in [0.2, 0.25) is 0 Å².